The van der Waals surface area contributed by atoms with Gasteiger partial charge in [0, 0.05) is 31.7 Å². The van der Waals surface area contributed by atoms with Crippen LogP contribution in [0.25, 0.3) is 0 Å². The monoisotopic (exact) mass is 227 g/mol. The number of aromatic nitrogens is 2. The lowest BCUT2D eigenvalue weighted by molar-refractivity contribution is 0.602. The average molecular weight is 227 g/mol. The molecule has 17 heavy (non-hydrogen) atoms. The predicted octanol–water partition coefficient (Wildman–Crippen LogP) is 1.89. The first-order valence-corrected chi connectivity index (χ1v) is 6.12. The number of fused-ring (bicyclic) bond motifs is 1. The van der Waals surface area contributed by atoms with Crippen molar-refractivity contribution in [3.8, 4) is 0 Å². The predicted molar refractivity (Wildman–Crippen MR) is 67.9 cm³/mol. The van der Waals surface area contributed by atoms with Crippen LogP contribution < -0.4 is 5.32 Å². The Labute approximate surface area is 101 Å². The SMILES string of the molecule is Cc1ccc(Cn2cnc3c2CCNC3)cc1. The van der Waals surface area contributed by atoms with Crippen molar-refractivity contribution in [1.29, 1.82) is 0 Å². The Morgan fingerprint density at radius 1 is 1.29 bits per heavy atom. The highest BCUT2D eigenvalue weighted by atomic mass is 15.1. The molecule has 0 saturated heterocycles. The third-order valence-electron chi connectivity index (χ3n) is 3.34. The second-order valence-corrected chi connectivity index (χ2v) is 4.68. The second-order valence-electron chi connectivity index (χ2n) is 4.68. The first kappa shape index (κ1) is 10.5. The number of benzene rings is 1. The molecular weight excluding hydrogens is 210 g/mol. The molecule has 88 valence electrons. The van der Waals surface area contributed by atoms with Crippen LogP contribution >= 0.6 is 0 Å². The maximum absolute atomic E-state index is 4.47. The standard InChI is InChI=1S/C14H17N3/c1-11-2-4-12(5-3-11)9-17-10-16-13-8-15-7-6-14(13)17/h2-5,10,15H,6-9H2,1H3. The summed E-state index contributed by atoms with van der Waals surface area (Å²) >= 11 is 0. The molecule has 1 aliphatic rings. The van der Waals surface area contributed by atoms with Gasteiger partial charge in [-0.15, -0.1) is 0 Å². The van der Waals surface area contributed by atoms with Crippen molar-refractivity contribution < 1.29 is 0 Å². The van der Waals surface area contributed by atoms with Crippen LogP contribution in [0.3, 0.4) is 0 Å². The molecule has 1 N–H and O–H groups in total. The van der Waals surface area contributed by atoms with Gasteiger partial charge in [-0.25, -0.2) is 4.98 Å². The molecular formula is C14H17N3. The van der Waals surface area contributed by atoms with Gasteiger partial charge in [0.1, 0.15) is 0 Å². The Hall–Kier alpha value is -1.61. The molecule has 0 bridgehead atoms. The molecule has 0 amide bonds. The molecule has 0 saturated carbocycles. The molecule has 1 aromatic heterocycles. The minimum absolute atomic E-state index is 0.913. The fraction of sp³-hybridized carbons (Fsp3) is 0.357. The van der Waals surface area contributed by atoms with Crippen LogP contribution in [0.1, 0.15) is 22.5 Å². The van der Waals surface area contributed by atoms with Gasteiger partial charge < -0.3 is 9.88 Å². The van der Waals surface area contributed by atoms with Gasteiger partial charge in [-0.3, -0.25) is 0 Å². The van der Waals surface area contributed by atoms with Gasteiger partial charge in [-0.1, -0.05) is 29.8 Å². The van der Waals surface area contributed by atoms with Gasteiger partial charge >= 0.3 is 0 Å². The highest BCUT2D eigenvalue weighted by Gasteiger charge is 2.14. The van der Waals surface area contributed by atoms with Gasteiger partial charge in [0.25, 0.3) is 0 Å². The van der Waals surface area contributed by atoms with E-state index in [1.807, 2.05) is 6.33 Å². The van der Waals surface area contributed by atoms with Crippen molar-refractivity contribution in [2.75, 3.05) is 6.54 Å². The first-order valence-electron chi connectivity index (χ1n) is 6.12. The Morgan fingerprint density at radius 2 is 2.12 bits per heavy atom. The maximum Gasteiger partial charge on any atom is 0.0955 e. The summed E-state index contributed by atoms with van der Waals surface area (Å²) in [6.07, 6.45) is 3.05. The van der Waals surface area contributed by atoms with Crippen LogP contribution in [0.4, 0.5) is 0 Å². The minimum Gasteiger partial charge on any atom is -0.330 e. The summed E-state index contributed by atoms with van der Waals surface area (Å²) in [5.74, 6) is 0. The summed E-state index contributed by atoms with van der Waals surface area (Å²) in [5.41, 5.74) is 5.26. The number of rotatable bonds is 2. The lowest BCUT2D eigenvalue weighted by Gasteiger charge is -2.15. The zero-order valence-corrected chi connectivity index (χ0v) is 10.1. The molecule has 0 aliphatic carbocycles. The largest absolute Gasteiger partial charge is 0.330 e. The number of hydrogen-bond donors (Lipinski definition) is 1. The molecule has 2 aromatic rings. The number of hydrogen-bond acceptors (Lipinski definition) is 2. The van der Waals surface area contributed by atoms with Gasteiger partial charge in [-0.05, 0) is 12.5 Å². The third kappa shape index (κ3) is 2.11. The summed E-state index contributed by atoms with van der Waals surface area (Å²) in [6, 6.07) is 8.73. The average Bonchev–Trinajstić information content (AvgIpc) is 2.76. The van der Waals surface area contributed by atoms with Gasteiger partial charge in [0.15, 0.2) is 0 Å². The lowest BCUT2D eigenvalue weighted by atomic mass is 10.1. The van der Waals surface area contributed by atoms with Crippen molar-refractivity contribution in [1.82, 2.24) is 14.9 Å². The van der Waals surface area contributed by atoms with Crippen molar-refractivity contribution in [2.24, 2.45) is 0 Å². The Morgan fingerprint density at radius 3 is 2.94 bits per heavy atom. The number of aryl methyl sites for hydroxylation is 1. The van der Waals surface area contributed by atoms with Crippen LogP contribution in [-0.2, 0) is 19.5 Å². The van der Waals surface area contributed by atoms with Crippen LogP contribution in [0.5, 0.6) is 0 Å². The molecule has 2 heterocycles. The third-order valence-corrected chi connectivity index (χ3v) is 3.34. The van der Waals surface area contributed by atoms with E-state index in [1.165, 1.54) is 22.5 Å². The quantitative estimate of drug-likeness (QED) is 0.849. The molecule has 3 nitrogen and oxygen atoms in total. The normalized spacial score (nSPS) is 14.6. The zero-order chi connectivity index (χ0) is 11.7. The van der Waals surface area contributed by atoms with Crippen LogP contribution in [-0.4, -0.2) is 16.1 Å². The molecule has 0 fully saturated rings. The van der Waals surface area contributed by atoms with Crippen molar-refractivity contribution in [2.45, 2.75) is 26.4 Å². The highest BCUT2D eigenvalue weighted by molar-refractivity contribution is 5.23. The number of nitrogens with zero attached hydrogens (tertiary/aromatic N) is 2. The van der Waals surface area contributed by atoms with Gasteiger partial charge in [0.2, 0.25) is 0 Å². The fourth-order valence-electron chi connectivity index (χ4n) is 2.32. The summed E-state index contributed by atoms with van der Waals surface area (Å²) in [4.78, 5) is 4.47. The second kappa shape index (κ2) is 4.34. The molecule has 3 rings (SSSR count). The van der Waals surface area contributed by atoms with E-state index in [2.05, 4.69) is 46.1 Å². The van der Waals surface area contributed by atoms with Crippen molar-refractivity contribution in [3.05, 3.63) is 53.1 Å². The summed E-state index contributed by atoms with van der Waals surface area (Å²) < 4.78 is 2.28. The Kier molecular flexibility index (Phi) is 2.69. The summed E-state index contributed by atoms with van der Waals surface area (Å²) in [5, 5.41) is 3.35. The molecule has 3 heteroatoms. The van der Waals surface area contributed by atoms with Gasteiger partial charge in [-0.2, -0.15) is 0 Å². The highest BCUT2D eigenvalue weighted by Crippen LogP contribution is 2.14. The molecule has 1 aromatic carbocycles. The lowest BCUT2D eigenvalue weighted by Crippen LogP contribution is -2.25. The molecule has 1 aliphatic heterocycles. The Balaban J connectivity index is 1.85. The van der Waals surface area contributed by atoms with E-state index in [0.29, 0.717) is 0 Å². The molecule has 0 unspecified atom stereocenters. The molecule has 0 spiro atoms. The zero-order valence-electron chi connectivity index (χ0n) is 10.1. The van der Waals surface area contributed by atoms with E-state index >= 15 is 0 Å². The van der Waals surface area contributed by atoms with E-state index in [9.17, 15) is 0 Å². The minimum atomic E-state index is 0.913. The van der Waals surface area contributed by atoms with E-state index in [1.54, 1.807) is 0 Å². The summed E-state index contributed by atoms with van der Waals surface area (Å²) in [6.45, 7) is 5.03. The van der Waals surface area contributed by atoms with Crippen molar-refractivity contribution in [3.63, 3.8) is 0 Å². The van der Waals surface area contributed by atoms with Crippen molar-refractivity contribution >= 4 is 0 Å². The van der Waals surface area contributed by atoms with Gasteiger partial charge in [0.05, 0.1) is 12.0 Å². The Bertz CT molecular complexity index is 511. The number of nitrogens with one attached hydrogen (secondary N) is 1. The maximum atomic E-state index is 4.47. The fourth-order valence-corrected chi connectivity index (χ4v) is 2.32. The first-order chi connectivity index (χ1) is 8.33. The topological polar surface area (TPSA) is 29.9 Å². The molecule has 0 atom stereocenters. The van der Waals surface area contributed by atoms with E-state index in [0.717, 1.165) is 26.1 Å². The van der Waals surface area contributed by atoms with E-state index in [4.69, 9.17) is 0 Å². The smallest absolute Gasteiger partial charge is 0.0955 e. The summed E-state index contributed by atoms with van der Waals surface area (Å²) in [7, 11) is 0. The van der Waals surface area contributed by atoms with Crippen LogP contribution in [0.2, 0.25) is 0 Å². The number of imidazole rings is 1. The van der Waals surface area contributed by atoms with E-state index in [-0.39, 0.29) is 0 Å². The van der Waals surface area contributed by atoms with E-state index < -0.39 is 0 Å². The van der Waals surface area contributed by atoms with Crippen LogP contribution in [0, 0.1) is 6.92 Å². The van der Waals surface area contributed by atoms with Crippen LogP contribution in [0.15, 0.2) is 30.6 Å². The molecule has 0 radical (unpaired) electrons.